The summed E-state index contributed by atoms with van der Waals surface area (Å²) in [6, 6.07) is 21.2. The summed E-state index contributed by atoms with van der Waals surface area (Å²) in [5, 5.41) is 0.397. The molecule has 0 atom stereocenters. The van der Waals surface area contributed by atoms with Crippen LogP contribution in [0.3, 0.4) is 0 Å². The summed E-state index contributed by atoms with van der Waals surface area (Å²) in [6.45, 7) is 4.62. The molecule has 1 aliphatic heterocycles. The Morgan fingerprint density at radius 3 is 2.33 bits per heavy atom. The van der Waals surface area contributed by atoms with Crippen molar-refractivity contribution in [2.75, 3.05) is 13.7 Å². The fourth-order valence-electron chi connectivity index (χ4n) is 3.34. The van der Waals surface area contributed by atoms with Crippen LogP contribution in [0.2, 0.25) is 5.02 Å². The zero-order valence-electron chi connectivity index (χ0n) is 18.7. The van der Waals surface area contributed by atoms with Gasteiger partial charge in [0, 0.05) is 5.56 Å². The predicted molar refractivity (Wildman–Crippen MR) is 131 cm³/mol. The van der Waals surface area contributed by atoms with E-state index >= 15 is 0 Å². The highest BCUT2D eigenvalue weighted by Crippen LogP contribution is 2.37. The average molecular weight is 462 g/mol. The van der Waals surface area contributed by atoms with Crippen LogP contribution in [0.1, 0.15) is 25.0 Å². The van der Waals surface area contributed by atoms with Gasteiger partial charge in [-0.25, -0.2) is 9.79 Å². The summed E-state index contributed by atoms with van der Waals surface area (Å²) in [7, 11) is 1.55. The molecule has 6 heteroatoms. The number of benzene rings is 3. The number of aliphatic imine (C=N–C) groups is 1. The molecule has 0 saturated heterocycles. The first kappa shape index (κ1) is 22.6. The van der Waals surface area contributed by atoms with Crippen LogP contribution >= 0.6 is 11.6 Å². The summed E-state index contributed by atoms with van der Waals surface area (Å²) in [6.07, 6.45) is 1.62. The van der Waals surface area contributed by atoms with Gasteiger partial charge in [0.1, 0.15) is 0 Å². The lowest BCUT2D eigenvalue weighted by Gasteiger charge is -2.14. The third-order valence-electron chi connectivity index (χ3n) is 4.98. The van der Waals surface area contributed by atoms with Crippen molar-refractivity contribution in [2.45, 2.75) is 13.8 Å². The average Bonchev–Trinajstić information content (AvgIpc) is 3.18. The van der Waals surface area contributed by atoms with E-state index in [4.69, 9.17) is 25.8 Å². The number of rotatable bonds is 7. The Morgan fingerprint density at radius 2 is 1.67 bits per heavy atom. The number of carbonyl (C=O) groups is 1. The lowest BCUT2D eigenvalue weighted by Crippen LogP contribution is -2.06. The molecule has 3 aromatic rings. The van der Waals surface area contributed by atoms with Gasteiger partial charge < -0.3 is 14.2 Å². The van der Waals surface area contributed by atoms with E-state index < -0.39 is 5.97 Å². The minimum absolute atomic E-state index is 0.186. The molecule has 0 spiro atoms. The highest BCUT2D eigenvalue weighted by Gasteiger charge is 2.24. The molecule has 0 aromatic heterocycles. The van der Waals surface area contributed by atoms with Crippen molar-refractivity contribution in [2.24, 2.45) is 10.9 Å². The molecule has 168 valence electrons. The fourth-order valence-corrected chi connectivity index (χ4v) is 3.61. The van der Waals surface area contributed by atoms with Gasteiger partial charge >= 0.3 is 5.97 Å². The van der Waals surface area contributed by atoms with Crippen LogP contribution in [0.4, 0.5) is 0 Å². The zero-order valence-corrected chi connectivity index (χ0v) is 19.4. The molecule has 5 nitrogen and oxygen atoms in total. The monoisotopic (exact) mass is 461 g/mol. The molecule has 0 radical (unpaired) electrons. The Balaban J connectivity index is 1.58. The van der Waals surface area contributed by atoms with Gasteiger partial charge in [-0.3, -0.25) is 0 Å². The topological polar surface area (TPSA) is 57.1 Å². The lowest BCUT2D eigenvalue weighted by molar-refractivity contribution is -0.129. The van der Waals surface area contributed by atoms with Crippen LogP contribution in [0, 0.1) is 5.92 Å². The molecule has 0 amide bonds. The van der Waals surface area contributed by atoms with Crippen molar-refractivity contribution in [3.63, 3.8) is 0 Å². The summed E-state index contributed by atoms with van der Waals surface area (Å²) < 4.78 is 16.6. The summed E-state index contributed by atoms with van der Waals surface area (Å²) in [5.74, 6) is 1.05. The van der Waals surface area contributed by atoms with Gasteiger partial charge in [-0.05, 0) is 52.9 Å². The Labute approximate surface area is 198 Å². The Kier molecular flexibility index (Phi) is 6.80. The summed E-state index contributed by atoms with van der Waals surface area (Å²) >= 11 is 6.42. The van der Waals surface area contributed by atoms with Crippen LogP contribution in [-0.2, 0) is 9.53 Å². The minimum atomic E-state index is -0.521. The molecular weight excluding hydrogens is 438 g/mol. The van der Waals surface area contributed by atoms with E-state index in [0.717, 1.165) is 16.7 Å². The zero-order chi connectivity index (χ0) is 23.4. The van der Waals surface area contributed by atoms with Crippen molar-refractivity contribution in [1.29, 1.82) is 0 Å². The summed E-state index contributed by atoms with van der Waals surface area (Å²) in [4.78, 5) is 16.8. The van der Waals surface area contributed by atoms with Crippen LogP contribution in [0.25, 0.3) is 17.2 Å². The number of esters is 1. The number of hydrogen-bond donors (Lipinski definition) is 0. The first-order chi connectivity index (χ1) is 15.9. The quantitative estimate of drug-likeness (QED) is 0.302. The van der Waals surface area contributed by atoms with Gasteiger partial charge in [0.15, 0.2) is 17.2 Å². The number of cyclic esters (lactones) is 1. The third-order valence-corrected chi connectivity index (χ3v) is 5.26. The Bertz CT molecular complexity index is 1210. The molecule has 0 saturated carbocycles. The summed E-state index contributed by atoms with van der Waals surface area (Å²) in [5.41, 5.74) is 3.75. The highest BCUT2D eigenvalue weighted by atomic mass is 35.5. The second-order valence-electron chi connectivity index (χ2n) is 8.02. The minimum Gasteiger partial charge on any atom is -0.493 e. The molecule has 0 N–H and O–H groups in total. The largest absolute Gasteiger partial charge is 0.493 e. The molecule has 0 unspecified atom stereocenters. The maximum absolute atomic E-state index is 12.4. The number of nitrogens with zero attached hydrogens (tertiary/aromatic N) is 1. The maximum Gasteiger partial charge on any atom is 0.363 e. The number of carbonyl (C=O) groups excluding carboxylic acids is 1. The van der Waals surface area contributed by atoms with Gasteiger partial charge in [0.25, 0.3) is 0 Å². The van der Waals surface area contributed by atoms with Gasteiger partial charge in [0.05, 0.1) is 18.7 Å². The normalized spacial score (nSPS) is 14.4. The molecule has 1 heterocycles. The third kappa shape index (κ3) is 5.26. The van der Waals surface area contributed by atoms with Crippen LogP contribution in [-0.4, -0.2) is 25.6 Å². The predicted octanol–water partition coefficient (Wildman–Crippen LogP) is 6.39. The van der Waals surface area contributed by atoms with Gasteiger partial charge in [-0.1, -0.05) is 67.9 Å². The van der Waals surface area contributed by atoms with Crippen molar-refractivity contribution in [1.82, 2.24) is 0 Å². The fraction of sp³-hybridized carbons (Fsp3) is 0.185. The Morgan fingerprint density at radius 1 is 1.00 bits per heavy atom. The molecule has 1 aliphatic rings. The molecule has 0 fully saturated rings. The van der Waals surface area contributed by atoms with E-state index in [1.807, 2.05) is 54.6 Å². The smallest absolute Gasteiger partial charge is 0.363 e. The van der Waals surface area contributed by atoms with Gasteiger partial charge in [0.2, 0.25) is 5.90 Å². The first-order valence-corrected chi connectivity index (χ1v) is 11.0. The van der Waals surface area contributed by atoms with Gasteiger partial charge in [-0.2, -0.15) is 0 Å². The molecule has 0 bridgehead atoms. The Hall–Kier alpha value is -3.57. The van der Waals surface area contributed by atoms with E-state index in [9.17, 15) is 4.79 Å². The second kappa shape index (κ2) is 9.92. The van der Waals surface area contributed by atoms with E-state index in [1.54, 1.807) is 25.3 Å². The molecule has 33 heavy (non-hydrogen) atoms. The lowest BCUT2D eigenvalue weighted by atomic mass is 10.0. The van der Waals surface area contributed by atoms with Gasteiger partial charge in [-0.15, -0.1) is 0 Å². The van der Waals surface area contributed by atoms with E-state index in [-0.39, 0.29) is 11.6 Å². The second-order valence-corrected chi connectivity index (χ2v) is 8.43. The maximum atomic E-state index is 12.4. The van der Waals surface area contributed by atoms with Crippen molar-refractivity contribution < 1.29 is 19.0 Å². The molecule has 3 aromatic carbocycles. The highest BCUT2D eigenvalue weighted by molar-refractivity contribution is 6.32. The van der Waals surface area contributed by atoms with E-state index in [1.165, 1.54) is 0 Å². The van der Waals surface area contributed by atoms with Crippen LogP contribution in [0.15, 0.2) is 77.4 Å². The number of halogens is 1. The van der Waals surface area contributed by atoms with E-state index in [0.29, 0.717) is 34.6 Å². The van der Waals surface area contributed by atoms with Crippen molar-refractivity contribution in [3.05, 3.63) is 88.6 Å². The number of hydrogen-bond acceptors (Lipinski definition) is 5. The standard InChI is InChI=1S/C27H24ClNO4/c1-17(2)16-32-25-22(28)13-18(15-24(25)31-3)14-23-27(30)33-26(29-23)21-11-9-20(10-12-21)19-7-5-4-6-8-19/h4-15,17H,16H2,1-3H3/b23-14-. The molecule has 0 aliphatic carbocycles. The molecular formula is C27H24ClNO4. The first-order valence-electron chi connectivity index (χ1n) is 10.6. The van der Waals surface area contributed by atoms with Crippen molar-refractivity contribution in [3.8, 4) is 22.6 Å². The van der Waals surface area contributed by atoms with Crippen LogP contribution in [0.5, 0.6) is 11.5 Å². The van der Waals surface area contributed by atoms with Crippen LogP contribution < -0.4 is 9.47 Å². The number of methoxy groups -OCH3 is 1. The van der Waals surface area contributed by atoms with Crippen molar-refractivity contribution >= 4 is 29.5 Å². The van der Waals surface area contributed by atoms with E-state index in [2.05, 4.69) is 18.8 Å². The molecule has 4 rings (SSSR count). The SMILES string of the molecule is COc1cc(/C=C2\N=C(c3ccc(-c4ccccc4)cc3)OC2=O)cc(Cl)c1OCC(C)C. The number of ether oxygens (including phenoxy) is 3.